The normalized spacial score (nSPS) is 26.4. The Bertz CT molecular complexity index is 576. The maximum Gasteiger partial charge on any atom is 0.238 e. The van der Waals surface area contributed by atoms with Crippen LogP contribution in [0.25, 0.3) is 0 Å². The van der Waals surface area contributed by atoms with Gasteiger partial charge in [0, 0.05) is 5.03 Å². The van der Waals surface area contributed by atoms with Gasteiger partial charge in [-0.3, -0.25) is 14.5 Å². The number of carbonyl (C=O) groups is 2. The van der Waals surface area contributed by atoms with Crippen molar-refractivity contribution in [2.75, 3.05) is 4.90 Å². The van der Waals surface area contributed by atoms with Gasteiger partial charge in [0.15, 0.2) is 0 Å². The lowest BCUT2D eigenvalue weighted by atomic mass is 9.85. The highest BCUT2D eigenvalue weighted by Gasteiger charge is 2.48. The minimum absolute atomic E-state index is 0.0979. The molecule has 3 nitrogen and oxygen atoms in total. The van der Waals surface area contributed by atoms with Gasteiger partial charge in [0.1, 0.15) is 0 Å². The van der Waals surface area contributed by atoms with E-state index in [0.717, 1.165) is 5.56 Å². The lowest BCUT2D eigenvalue weighted by molar-refractivity contribution is -0.122. The fourth-order valence-corrected chi connectivity index (χ4v) is 3.03. The average molecular weight is 276 g/mol. The number of aryl methyl sites for hydroxylation is 1. The SMILES string of the molecule is Cc1ccc(N2C(=O)C3CC=C(Cl)CC3C2=O)cc1. The van der Waals surface area contributed by atoms with E-state index in [-0.39, 0.29) is 23.7 Å². The van der Waals surface area contributed by atoms with E-state index in [1.807, 2.05) is 37.3 Å². The van der Waals surface area contributed by atoms with E-state index in [2.05, 4.69) is 0 Å². The maximum absolute atomic E-state index is 12.4. The smallest absolute Gasteiger partial charge is 0.238 e. The second-order valence-corrected chi connectivity index (χ2v) is 5.64. The van der Waals surface area contributed by atoms with Crippen LogP contribution in [0.4, 0.5) is 5.69 Å². The molecule has 0 N–H and O–H groups in total. The Labute approximate surface area is 116 Å². The van der Waals surface area contributed by atoms with E-state index in [1.165, 1.54) is 4.90 Å². The van der Waals surface area contributed by atoms with Crippen LogP contribution >= 0.6 is 11.6 Å². The van der Waals surface area contributed by atoms with E-state index >= 15 is 0 Å². The monoisotopic (exact) mass is 275 g/mol. The zero-order valence-corrected chi connectivity index (χ0v) is 11.4. The minimum Gasteiger partial charge on any atom is -0.274 e. The third-order valence-corrected chi connectivity index (χ3v) is 4.17. The highest BCUT2D eigenvalue weighted by molar-refractivity contribution is 6.30. The molecule has 1 aliphatic heterocycles. The van der Waals surface area contributed by atoms with Gasteiger partial charge in [-0.25, -0.2) is 0 Å². The highest BCUT2D eigenvalue weighted by Crippen LogP contribution is 2.40. The summed E-state index contributed by atoms with van der Waals surface area (Å²) in [5.74, 6) is -0.744. The number of rotatable bonds is 1. The molecule has 0 bridgehead atoms. The standard InChI is InChI=1S/C15H14ClNO2/c1-9-2-5-11(6-3-9)17-14(18)12-7-4-10(16)8-13(12)15(17)19/h2-6,12-13H,7-8H2,1H3. The van der Waals surface area contributed by atoms with Crippen molar-refractivity contribution in [3.8, 4) is 0 Å². The number of nitrogens with zero attached hydrogens (tertiary/aromatic N) is 1. The summed E-state index contributed by atoms with van der Waals surface area (Å²) in [4.78, 5) is 26.1. The second kappa shape index (κ2) is 4.49. The summed E-state index contributed by atoms with van der Waals surface area (Å²) in [7, 11) is 0. The zero-order chi connectivity index (χ0) is 13.6. The lowest BCUT2D eigenvalue weighted by Gasteiger charge is -2.17. The van der Waals surface area contributed by atoms with E-state index < -0.39 is 0 Å². The van der Waals surface area contributed by atoms with Gasteiger partial charge >= 0.3 is 0 Å². The Morgan fingerprint density at radius 1 is 1.11 bits per heavy atom. The molecule has 0 radical (unpaired) electrons. The fourth-order valence-electron chi connectivity index (χ4n) is 2.78. The van der Waals surface area contributed by atoms with Crippen LogP contribution in [0.1, 0.15) is 18.4 Å². The van der Waals surface area contributed by atoms with Gasteiger partial charge in [-0.05, 0) is 31.9 Å². The van der Waals surface area contributed by atoms with Gasteiger partial charge in [0.25, 0.3) is 0 Å². The van der Waals surface area contributed by atoms with E-state index in [9.17, 15) is 9.59 Å². The molecule has 1 heterocycles. The first-order valence-electron chi connectivity index (χ1n) is 6.37. The van der Waals surface area contributed by atoms with Crippen molar-refractivity contribution in [1.29, 1.82) is 0 Å². The van der Waals surface area contributed by atoms with Crippen LogP contribution in [0.3, 0.4) is 0 Å². The summed E-state index contributed by atoms with van der Waals surface area (Å²) in [6.07, 6.45) is 2.90. The molecule has 2 atom stereocenters. The van der Waals surface area contributed by atoms with Gasteiger partial charge in [-0.15, -0.1) is 0 Å². The first-order chi connectivity index (χ1) is 9.08. The molecular weight excluding hydrogens is 262 g/mol. The van der Waals surface area contributed by atoms with Crippen molar-refractivity contribution < 1.29 is 9.59 Å². The summed E-state index contributed by atoms with van der Waals surface area (Å²) < 4.78 is 0. The summed E-state index contributed by atoms with van der Waals surface area (Å²) in [6.45, 7) is 1.97. The predicted octanol–water partition coefficient (Wildman–Crippen LogP) is 3.02. The number of amides is 2. The molecule has 2 aliphatic rings. The van der Waals surface area contributed by atoms with Crippen LogP contribution < -0.4 is 4.90 Å². The van der Waals surface area contributed by atoms with Crippen LogP contribution in [-0.2, 0) is 9.59 Å². The summed E-state index contributed by atoms with van der Waals surface area (Å²) >= 11 is 5.99. The van der Waals surface area contributed by atoms with Gasteiger partial charge in [0.2, 0.25) is 11.8 Å². The Balaban J connectivity index is 1.95. The van der Waals surface area contributed by atoms with E-state index in [1.54, 1.807) is 0 Å². The minimum atomic E-state index is -0.286. The molecule has 4 heteroatoms. The predicted molar refractivity (Wildman–Crippen MR) is 73.8 cm³/mol. The van der Waals surface area contributed by atoms with Crippen molar-refractivity contribution >= 4 is 29.1 Å². The number of imide groups is 1. The molecule has 1 aromatic carbocycles. The van der Waals surface area contributed by atoms with Crippen molar-refractivity contribution in [2.24, 2.45) is 11.8 Å². The van der Waals surface area contributed by atoms with Crippen LogP contribution in [0.2, 0.25) is 0 Å². The molecule has 2 unspecified atom stereocenters. The number of benzene rings is 1. The molecule has 3 rings (SSSR count). The Morgan fingerprint density at radius 2 is 1.74 bits per heavy atom. The van der Waals surface area contributed by atoms with Crippen LogP contribution in [-0.4, -0.2) is 11.8 Å². The Kier molecular flexibility index (Phi) is 2.94. The summed E-state index contributed by atoms with van der Waals surface area (Å²) in [6, 6.07) is 7.45. The summed E-state index contributed by atoms with van der Waals surface area (Å²) in [5.41, 5.74) is 1.76. The Morgan fingerprint density at radius 3 is 2.42 bits per heavy atom. The van der Waals surface area contributed by atoms with Crippen LogP contribution in [0.15, 0.2) is 35.4 Å². The lowest BCUT2D eigenvalue weighted by Crippen LogP contribution is -2.30. The van der Waals surface area contributed by atoms with Crippen molar-refractivity contribution in [1.82, 2.24) is 0 Å². The number of carbonyl (C=O) groups excluding carboxylic acids is 2. The quantitative estimate of drug-likeness (QED) is 0.739. The number of allylic oxidation sites excluding steroid dienone is 2. The number of hydrogen-bond acceptors (Lipinski definition) is 2. The molecule has 0 saturated carbocycles. The van der Waals surface area contributed by atoms with Gasteiger partial charge < -0.3 is 0 Å². The van der Waals surface area contributed by atoms with Gasteiger partial charge in [-0.1, -0.05) is 35.4 Å². The molecule has 1 aromatic rings. The van der Waals surface area contributed by atoms with Crippen molar-refractivity contribution in [3.05, 3.63) is 40.9 Å². The zero-order valence-electron chi connectivity index (χ0n) is 10.6. The molecule has 1 saturated heterocycles. The summed E-state index contributed by atoms with van der Waals surface area (Å²) in [5, 5.41) is 0.688. The number of anilines is 1. The topological polar surface area (TPSA) is 37.4 Å². The fraction of sp³-hybridized carbons (Fsp3) is 0.333. The molecule has 0 spiro atoms. The van der Waals surface area contributed by atoms with Crippen LogP contribution in [0.5, 0.6) is 0 Å². The third kappa shape index (κ3) is 1.98. The van der Waals surface area contributed by atoms with Gasteiger partial charge in [-0.2, -0.15) is 0 Å². The number of halogens is 1. The average Bonchev–Trinajstić information content (AvgIpc) is 2.63. The van der Waals surface area contributed by atoms with Gasteiger partial charge in [0.05, 0.1) is 17.5 Å². The third-order valence-electron chi connectivity index (χ3n) is 3.86. The molecule has 2 amide bonds. The van der Waals surface area contributed by atoms with E-state index in [0.29, 0.717) is 23.6 Å². The molecule has 19 heavy (non-hydrogen) atoms. The molecule has 1 aliphatic carbocycles. The van der Waals surface area contributed by atoms with Crippen LogP contribution in [0, 0.1) is 18.8 Å². The number of fused-ring (bicyclic) bond motifs is 1. The Hall–Kier alpha value is -1.61. The first kappa shape index (κ1) is 12.4. The second-order valence-electron chi connectivity index (χ2n) is 5.15. The first-order valence-corrected chi connectivity index (χ1v) is 6.75. The van der Waals surface area contributed by atoms with Crippen molar-refractivity contribution in [3.63, 3.8) is 0 Å². The molecule has 98 valence electrons. The maximum atomic E-state index is 12.4. The molecular formula is C15H14ClNO2. The molecule has 1 fully saturated rings. The highest BCUT2D eigenvalue weighted by atomic mass is 35.5. The number of hydrogen-bond donors (Lipinski definition) is 0. The van der Waals surface area contributed by atoms with E-state index in [4.69, 9.17) is 11.6 Å². The molecule has 0 aromatic heterocycles. The largest absolute Gasteiger partial charge is 0.274 e. The van der Waals surface area contributed by atoms with Crippen molar-refractivity contribution in [2.45, 2.75) is 19.8 Å².